The molecule has 0 fully saturated rings. The minimum Gasteiger partial charge on any atom is -0.370 e. The van der Waals surface area contributed by atoms with Crippen molar-refractivity contribution in [3.63, 3.8) is 0 Å². The van der Waals surface area contributed by atoms with Crippen LogP contribution in [-0.4, -0.2) is 24.0 Å². The fourth-order valence-corrected chi connectivity index (χ4v) is 2.26. The molecule has 0 atom stereocenters. The van der Waals surface area contributed by atoms with Crippen molar-refractivity contribution in [1.82, 2.24) is 4.98 Å². The Hall–Kier alpha value is -2.36. The van der Waals surface area contributed by atoms with E-state index in [4.69, 9.17) is 0 Å². The van der Waals surface area contributed by atoms with E-state index in [-0.39, 0.29) is 5.91 Å². The number of anilines is 2. The zero-order valence-electron chi connectivity index (χ0n) is 12.8. The maximum atomic E-state index is 12.7. The fourth-order valence-electron chi connectivity index (χ4n) is 2.26. The summed E-state index contributed by atoms with van der Waals surface area (Å²) in [6, 6.07) is 13.4. The molecule has 0 bridgehead atoms. The Kier molecular flexibility index (Phi) is 4.93. The topological polar surface area (TPSA) is 45.2 Å². The van der Waals surface area contributed by atoms with Crippen LogP contribution in [0, 0.1) is 6.92 Å². The van der Waals surface area contributed by atoms with Gasteiger partial charge in [0.2, 0.25) is 0 Å². The van der Waals surface area contributed by atoms with Crippen molar-refractivity contribution in [2.45, 2.75) is 20.8 Å². The molecule has 0 unspecified atom stereocenters. The third kappa shape index (κ3) is 3.40. The molecule has 21 heavy (non-hydrogen) atoms. The molecule has 0 radical (unpaired) electrons. The van der Waals surface area contributed by atoms with Crippen LogP contribution in [0.2, 0.25) is 0 Å². The number of aryl methyl sites for hydroxylation is 1. The van der Waals surface area contributed by atoms with Gasteiger partial charge in [-0.1, -0.05) is 24.3 Å². The normalized spacial score (nSPS) is 10.2. The van der Waals surface area contributed by atoms with E-state index in [0.29, 0.717) is 12.2 Å². The van der Waals surface area contributed by atoms with Crippen LogP contribution in [0.4, 0.5) is 11.5 Å². The first-order chi connectivity index (χ1) is 10.2. The molecule has 4 nitrogen and oxygen atoms in total. The van der Waals surface area contributed by atoms with Crippen LogP contribution in [0.15, 0.2) is 42.5 Å². The summed E-state index contributed by atoms with van der Waals surface area (Å²) in [5, 5.41) is 3.13. The molecule has 1 aromatic heterocycles. The highest BCUT2D eigenvalue weighted by molar-refractivity contribution is 6.05. The molecule has 1 N–H and O–H groups in total. The van der Waals surface area contributed by atoms with Crippen molar-refractivity contribution < 1.29 is 4.79 Å². The van der Waals surface area contributed by atoms with E-state index in [9.17, 15) is 4.79 Å². The zero-order valence-corrected chi connectivity index (χ0v) is 12.8. The van der Waals surface area contributed by atoms with Crippen molar-refractivity contribution in [2.24, 2.45) is 0 Å². The monoisotopic (exact) mass is 283 g/mol. The molecule has 0 spiro atoms. The number of para-hydroxylation sites is 1. The summed E-state index contributed by atoms with van der Waals surface area (Å²) in [6.45, 7) is 7.37. The molecule has 0 aliphatic carbocycles. The SMILES string of the molecule is CCNc1cccc(C(=O)N(CC)c2ccccc2C)n1. The number of carbonyl (C=O) groups excluding carboxylic acids is 1. The van der Waals surface area contributed by atoms with Crippen molar-refractivity contribution in [3.05, 3.63) is 53.7 Å². The molecule has 1 amide bonds. The lowest BCUT2D eigenvalue weighted by Gasteiger charge is -2.22. The van der Waals surface area contributed by atoms with Crippen molar-refractivity contribution in [2.75, 3.05) is 23.3 Å². The second-order valence-corrected chi connectivity index (χ2v) is 4.77. The van der Waals surface area contributed by atoms with Crippen LogP contribution in [-0.2, 0) is 0 Å². The quantitative estimate of drug-likeness (QED) is 0.913. The van der Waals surface area contributed by atoms with Crippen molar-refractivity contribution in [1.29, 1.82) is 0 Å². The molecule has 0 aliphatic rings. The maximum absolute atomic E-state index is 12.7. The first kappa shape index (κ1) is 15.0. The molecular formula is C17H21N3O. The minimum atomic E-state index is -0.0773. The van der Waals surface area contributed by atoms with Gasteiger partial charge in [-0.05, 0) is 44.5 Å². The Labute approximate surface area is 125 Å². The van der Waals surface area contributed by atoms with Crippen molar-refractivity contribution in [3.8, 4) is 0 Å². The van der Waals surface area contributed by atoms with E-state index in [2.05, 4.69) is 10.3 Å². The lowest BCUT2D eigenvalue weighted by atomic mass is 10.1. The average Bonchev–Trinajstić information content (AvgIpc) is 2.50. The van der Waals surface area contributed by atoms with E-state index in [0.717, 1.165) is 23.6 Å². The summed E-state index contributed by atoms with van der Waals surface area (Å²) in [7, 11) is 0. The van der Waals surface area contributed by atoms with Gasteiger partial charge in [0.05, 0.1) is 0 Å². The molecule has 0 aliphatic heterocycles. The zero-order chi connectivity index (χ0) is 15.2. The van der Waals surface area contributed by atoms with Gasteiger partial charge in [0.1, 0.15) is 11.5 Å². The molecule has 0 saturated carbocycles. The number of rotatable bonds is 5. The van der Waals surface area contributed by atoms with Gasteiger partial charge in [-0.3, -0.25) is 4.79 Å². The number of nitrogens with one attached hydrogen (secondary N) is 1. The van der Waals surface area contributed by atoms with Gasteiger partial charge in [0.15, 0.2) is 0 Å². The third-order valence-corrected chi connectivity index (χ3v) is 3.29. The Balaban J connectivity index is 2.32. The second-order valence-electron chi connectivity index (χ2n) is 4.77. The molecule has 110 valence electrons. The highest BCUT2D eigenvalue weighted by Crippen LogP contribution is 2.21. The van der Waals surface area contributed by atoms with E-state index in [1.807, 2.05) is 57.2 Å². The summed E-state index contributed by atoms with van der Waals surface area (Å²) in [4.78, 5) is 18.9. The number of carbonyl (C=O) groups is 1. The number of nitrogens with zero attached hydrogens (tertiary/aromatic N) is 2. The van der Waals surface area contributed by atoms with Gasteiger partial charge >= 0.3 is 0 Å². The Morgan fingerprint density at radius 3 is 2.57 bits per heavy atom. The van der Waals surface area contributed by atoms with Crippen LogP contribution in [0.1, 0.15) is 29.9 Å². The number of hydrogen-bond acceptors (Lipinski definition) is 3. The van der Waals surface area contributed by atoms with Crippen LogP contribution >= 0.6 is 0 Å². The summed E-state index contributed by atoms with van der Waals surface area (Å²) < 4.78 is 0. The summed E-state index contributed by atoms with van der Waals surface area (Å²) in [6.07, 6.45) is 0. The molecule has 2 aromatic rings. The molecule has 1 aromatic carbocycles. The maximum Gasteiger partial charge on any atom is 0.276 e. The number of amides is 1. The van der Waals surface area contributed by atoms with E-state index in [1.54, 1.807) is 11.0 Å². The number of benzene rings is 1. The number of aromatic nitrogens is 1. The van der Waals surface area contributed by atoms with Crippen LogP contribution in [0.3, 0.4) is 0 Å². The van der Waals surface area contributed by atoms with Gasteiger partial charge in [0, 0.05) is 18.8 Å². The first-order valence-corrected chi connectivity index (χ1v) is 7.25. The highest BCUT2D eigenvalue weighted by atomic mass is 16.2. The predicted octanol–water partition coefficient (Wildman–Crippen LogP) is 3.49. The second kappa shape index (κ2) is 6.88. The Morgan fingerprint density at radius 1 is 1.14 bits per heavy atom. The van der Waals surface area contributed by atoms with Gasteiger partial charge in [-0.15, -0.1) is 0 Å². The largest absolute Gasteiger partial charge is 0.370 e. The van der Waals surface area contributed by atoms with Crippen LogP contribution in [0.25, 0.3) is 0 Å². The highest BCUT2D eigenvalue weighted by Gasteiger charge is 2.18. The Bertz CT molecular complexity index is 625. The number of pyridine rings is 1. The summed E-state index contributed by atoms with van der Waals surface area (Å²) >= 11 is 0. The molecule has 1 heterocycles. The standard InChI is InChI=1S/C17H21N3O/c1-4-18-16-12-8-10-14(19-16)17(21)20(5-2)15-11-7-6-9-13(15)3/h6-12H,4-5H2,1-3H3,(H,18,19). The van der Waals surface area contributed by atoms with Gasteiger partial charge in [-0.25, -0.2) is 4.98 Å². The van der Waals surface area contributed by atoms with Gasteiger partial charge in [-0.2, -0.15) is 0 Å². The van der Waals surface area contributed by atoms with E-state index >= 15 is 0 Å². The molecule has 0 saturated heterocycles. The number of hydrogen-bond donors (Lipinski definition) is 1. The van der Waals surface area contributed by atoms with Gasteiger partial charge in [0.25, 0.3) is 5.91 Å². The van der Waals surface area contributed by atoms with Crippen LogP contribution < -0.4 is 10.2 Å². The lowest BCUT2D eigenvalue weighted by Crippen LogP contribution is -2.32. The van der Waals surface area contributed by atoms with Gasteiger partial charge < -0.3 is 10.2 Å². The van der Waals surface area contributed by atoms with Crippen molar-refractivity contribution >= 4 is 17.4 Å². The molecule has 2 rings (SSSR count). The summed E-state index contributed by atoms with van der Waals surface area (Å²) in [5.41, 5.74) is 2.47. The van der Waals surface area contributed by atoms with E-state index in [1.165, 1.54) is 0 Å². The minimum absolute atomic E-state index is 0.0773. The first-order valence-electron chi connectivity index (χ1n) is 7.25. The van der Waals surface area contributed by atoms with E-state index < -0.39 is 0 Å². The fraction of sp³-hybridized carbons (Fsp3) is 0.294. The van der Waals surface area contributed by atoms with Crippen LogP contribution in [0.5, 0.6) is 0 Å². The molecule has 4 heteroatoms. The smallest absolute Gasteiger partial charge is 0.276 e. The average molecular weight is 283 g/mol. The lowest BCUT2D eigenvalue weighted by molar-refractivity contribution is 0.0983. The third-order valence-electron chi connectivity index (χ3n) is 3.29. The predicted molar refractivity (Wildman–Crippen MR) is 86.9 cm³/mol. The summed E-state index contributed by atoms with van der Waals surface area (Å²) in [5.74, 6) is 0.649. The molecular weight excluding hydrogens is 262 g/mol. The Morgan fingerprint density at radius 2 is 1.90 bits per heavy atom.